The molecule has 7 amide bonds. The lowest BCUT2D eigenvalue weighted by atomic mass is 10.0. The van der Waals surface area contributed by atoms with Gasteiger partial charge in [-0.3, -0.25) is 33.6 Å². The van der Waals surface area contributed by atoms with Crippen LogP contribution in [0.1, 0.15) is 79.6 Å². The van der Waals surface area contributed by atoms with Gasteiger partial charge in [0.05, 0.1) is 19.0 Å². The van der Waals surface area contributed by atoms with Gasteiger partial charge in [-0.1, -0.05) is 40.3 Å². The molecular weight excluding hydrogens is 729 g/mol. The van der Waals surface area contributed by atoms with Crippen LogP contribution in [0.4, 0.5) is 4.39 Å². The fourth-order valence-electron chi connectivity index (χ4n) is 6.14. The second-order valence-corrected chi connectivity index (χ2v) is 15.0. The molecule has 0 aromatic rings. The fraction of sp³-hybridized carbons (Fsp3) is 0.641. The van der Waals surface area contributed by atoms with Crippen LogP contribution in [-0.4, -0.2) is 144 Å². The van der Waals surface area contributed by atoms with Gasteiger partial charge in [0, 0.05) is 40.7 Å². The minimum absolute atomic E-state index is 0.117. The van der Waals surface area contributed by atoms with E-state index in [1.807, 2.05) is 27.7 Å². The van der Waals surface area contributed by atoms with E-state index in [4.69, 9.17) is 5.11 Å². The predicted octanol–water partition coefficient (Wildman–Crippen LogP) is 1.77. The monoisotopic (exact) mass is 791 g/mol. The zero-order chi connectivity index (χ0) is 42.7. The van der Waals surface area contributed by atoms with Crippen molar-refractivity contribution in [1.29, 1.82) is 0 Å². The van der Waals surface area contributed by atoms with Gasteiger partial charge in [0.15, 0.2) is 5.83 Å². The molecule has 0 spiro atoms. The van der Waals surface area contributed by atoms with E-state index in [9.17, 15) is 42.7 Å². The van der Waals surface area contributed by atoms with Crippen LogP contribution in [0.25, 0.3) is 0 Å². The van der Waals surface area contributed by atoms with Crippen LogP contribution in [0, 0.1) is 11.8 Å². The van der Waals surface area contributed by atoms with Crippen LogP contribution in [0.3, 0.4) is 0 Å². The van der Waals surface area contributed by atoms with Gasteiger partial charge in [0.2, 0.25) is 41.9 Å². The second-order valence-electron chi connectivity index (χ2n) is 15.0. The van der Waals surface area contributed by atoms with Gasteiger partial charge in [0.25, 0.3) is 0 Å². The van der Waals surface area contributed by atoms with Crippen molar-refractivity contribution in [2.75, 3.05) is 40.8 Å². The van der Waals surface area contributed by atoms with E-state index in [1.54, 1.807) is 4.90 Å². The zero-order valence-electron chi connectivity index (χ0n) is 34.1. The molecule has 1 rings (SSSR count). The Morgan fingerprint density at radius 3 is 1.95 bits per heavy atom. The fourth-order valence-corrected chi connectivity index (χ4v) is 6.14. The first-order valence-electron chi connectivity index (χ1n) is 18.9. The van der Waals surface area contributed by atoms with E-state index in [0.717, 1.165) is 40.0 Å². The minimum Gasteiger partial charge on any atom is -0.513 e. The molecule has 0 aromatic carbocycles. The summed E-state index contributed by atoms with van der Waals surface area (Å²) in [5.41, 5.74) is 0.176. The van der Waals surface area contributed by atoms with E-state index < -0.39 is 84.4 Å². The number of aliphatic hydroxyl groups excluding tert-OH is 1. The Morgan fingerprint density at radius 1 is 0.821 bits per heavy atom. The van der Waals surface area contributed by atoms with Crippen LogP contribution < -0.4 is 16.0 Å². The molecule has 56 heavy (non-hydrogen) atoms. The summed E-state index contributed by atoms with van der Waals surface area (Å²) in [6, 6.07) is -5.42. The molecule has 1 heterocycles. The summed E-state index contributed by atoms with van der Waals surface area (Å²) in [5.74, 6) is -4.69. The van der Waals surface area contributed by atoms with Crippen LogP contribution in [0.2, 0.25) is 0 Å². The first-order chi connectivity index (χ1) is 26.3. The molecule has 0 aromatic heterocycles. The average molecular weight is 792 g/mol. The van der Waals surface area contributed by atoms with Crippen LogP contribution >= 0.6 is 0 Å². The molecule has 16 nitrogen and oxygen atoms in total. The van der Waals surface area contributed by atoms with E-state index >= 15 is 0 Å². The van der Waals surface area contributed by atoms with E-state index in [0.29, 0.717) is 25.8 Å². The molecule has 0 aliphatic carbocycles. The molecule has 0 saturated carbocycles. The normalized spacial score (nSPS) is 16.1. The van der Waals surface area contributed by atoms with Gasteiger partial charge in [-0.2, -0.15) is 0 Å². The number of nitrogens with one attached hydrogen (secondary N) is 3. The van der Waals surface area contributed by atoms with Crippen LogP contribution in [0.5, 0.6) is 0 Å². The third-order valence-electron chi connectivity index (χ3n) is 9.55. The number of hydrogen-bond acceptors (Lipinski definition) is 9. The number of allylic oxidation sites excluding steroid dienone is 3. The quantitative estimate of drug-likeness (QED) is 0.0675. The number of aliphatic hydroxyl groups is 1. The molecule has 314 valence electrons. The van der Waals surface area contributed by atoms with E-state index in [1.165, 1.54) is 34.1 Å². The van der Waals surface area contributed by atoms with Crippen LogP contribution in [0.15, 0.2) is 36.4 Å². The minimum atomic E-state index is -1.33. The molecule has 1 aliphatic rings. The maximum absolute atomic E-state index is 14.0. The molecular formula is C39H62FN7O9. The number of nitrogens with zero attached hydrogens (tertiary/aromatic N) is 4. The number of piperidine rings is 1. The maximum Gasteiger partial charge on any atom is 0.245 e. The third kappa shape index (κ3) is 15.9. The Labute approximate surface area is 329 Å². The number of carbonyl (C=O) groups excluding carboxylic acids is 8. The average Bonchev–Trinajstić information content (AvgIpc) is 3.16. The molecule has 0 radical (unpaired) electrons. The number of carbonyl (C=O) groups is 8. The highest BCUT2D eigenvalue weighted by molar-refractivity contribution is 5.96. The highest BCUT2D eigenvalue weighted by atomic mass is 19.1. The number of aldehydes is 1. The largest absolute Gasteiger partial charge is 0.513 e. The highest BCUT2D eigenvalue weighted by Crippen LogP contribution is 2.17. The van der Waals surface area contributed by atoms with Gasteiger partial charge < -0.3 is 45.5 Å². The van der Waals surface area contributed by atoms with Crippen LogP contribution in [-0.2, 0) is 38.4 Å². The number of likely N-dealkylation sites (tertiary alicyclic amines) is 1. The summed E-state index contributed by atoms with van der Waals surface area (Å²) in [5, 5.41) is 16.6. The van der Waals surface area contributed by atoms with Gasteiger partial charge in [0.1, 0.15) is 36.7 Å². The Kier molecular flexibility index (Phi) is 21.3. The van der Waals surface area contributed by atoms with Gasteiger partial charge in [-0.15, -0.1) is 0 Å². The summed E-state index contributed by atoms with van der Waals surface area (Å²) < 4.78 is 13.7. The topological polar surface area (TPSA) is 206 Å². The van der Waals surface area contributed by atoms with Crippen molar-refractivity contribution in [3.63, 3.8) is 0 Å². The first kappa shape index (κ1) is 48.9. The predicted molar refractivity (Wildman–Crippen MR) is 208 cm³/mol. The Hall–Kier alpha value is -5.09. The molecule has 4 N–H and O–H groups in total. The highest BCUT2D eigenvalue weighted by Gasteiger charge is 2.36. The molecule has 1 saturated heterocycles. The number of hydrogen-bond donors (Lipinski definition) is 4. The summed E-state index contributed by atoms with van der Waals surface area (Å²) in [6.07, 6.45) is 5.61. The van der Waals surface area contributed by atoms with Crippen molar-refractivity contribution in [2.24, 2.45) is 11.8 Å². The van der Waals surface area contributed by atoms with Gasteiger partial charge in [-0.05, 0) is 62.5 Å². The maximum atomic E-state index is 14.0. The molecule has 1 aliphatic heterocycles. The van der Waals surface area contributed by atoms with Crippen molar-refractivity contribution in [3.8, 4) is 0 Å². The molecule has 17 heteroatoms. The van der Waals surface area contributed by atoms with Crippen molar-refractivity contribution in [1.82, 2.24) is 35.6 Å². The summed E-state index contributed by atoms with van der Waals surface area (Å²) >= 11 is 0. The number of halogens is 1. The van der Waals surface area contributed by atoms with E-state index in [2.05, 4.69) is 22.5 Å². The van der Waals surface area contributed by atoms with Crippen molar-refractivity contribution in [2.45, 2.75) is 110 Å². The molecule has 4 unspecified atom stereocenters. The Morgan fingerprint density at radius 2 is 1.43 bits per heavy atom. The summed E-state index contributed by atoms with van der Waals surface area (Å²) in [4.78, 5) is 109. The lowest BCUT2D eigenvalue weighted by Gasteiger charge is -2.34. The second kappa shape index (κ2) is 24.4. The number of amides is 7. The lowest BCUT2D eigenvalue weighted by molar-refractivity contribution is -0.146. The van der Waals surface area contributed by atoms with Gasteiger partial charge >= 0.3 is 0 Å². The zero-order valence-corrected chi connectivity index (χ0v) is 34.1. The Bertz CT molecular complexity index is 1460. The van der Waals surface area contributed by atoms with E-state index in [-0.39, 0.29) is 42.9 Å². The summed E-state index contributed by atoms with van der Waals surface area (Å²) in [6.45, 7) is 12.9. The Balaban J connectivity index is 3.29. The van der Waals surface area contributed by atoms with Gasteiger partial charge in [-0.25, -0.2) is 4.39 Å². The smallest absolute Gasteiger partial charge is 0.245 e. The number of likely N-dealkylation sites (N-methyl/N-ethyl adjacent to an activating group) is 3. The first-order valence-corrected chi connectivity index (χ1v) is 18.9. The van der Waals surface area contributed by atoms with Crippen molar-refractivity contribution in [3.05, 3.63) is 36.4 Å². The molecule has 1 fully saturated rings. The van der Waals surface area contributed by atoms with Crippen molar-refractivity contribution < 1.29 is 47.9 Å². The summed E-state index contributed by atoms with van der Waals surface area (Å²) in [7, 11) is 4.09. The third-order valence-corrected chi connectivity index (χ3v) is 9.55. The van der Waals surface area contributed by atoms with Crippen molar-refractivity contribution >= 4 is 48.1 Å². The standard InChI is InChI=1S/C39H62FN7O9/c1-10-28(18-29(40)22-48)19-31(41-24-50)38(55)44(7)21-35(52)46(9)33(17-26(4)5)37(54)43-32(39(56)47-14-12-11-13-15-47)20-34(51)45(8)27(6)36(53)42-30(23-49)16-25(2)3/h10,18,22-27,30-33,48H,1,11-17,19-21H2,2-9H3,(H,41,50)(H,42,53)(H,43,54)/b28-18+,29-22-/t27?,30?,31?,32-,33?/m0/s1. The number of rotatable bonds is 23. The molecule has 5 atom stereocenters. The molecule has 0 bridgehead atoms. The SMILES string of the molecule is C=C/C(=C\C(F)=C\O)CC(NC=O)C(=O)N(C)CC(=O)N(C)C(CC(C)C)C(=O)N[C@@H](CC(=O)N(C)C(C)C(=O)NC(C=O)CC(C)C)C(=O)N1CCCCC1. The lowest BCUT2D eigenvalue weighted by Crippen LogP contribution is -2.58.